The van der Waals surface area contributed by atoms with Crippen LogP contribution in [0.1, 0.15) is 36.8 Å². The quantitative estimate of drug-likeness (QED) is 0.370. The molecule has 5 rings (SSSR count). The molecule has 0 radical (unpaired) electrons. The van der Waals surface area contributed by atoms with E-state index in [0.717, 1.165) is 55.0 Å². The summed E-state index contributed by atoms with van der Waals surface area (Å²) in [6.45, 7) is 4.40. The number of hydrogen-bond acceptors (Lipinski definition) is 8. The minimum Gasteiger partial charge on any atom is -0.489 e. The van der Waals surface area contributed by atoms with Crippen LogP contribution in [0.3, 0.4) is 0 Å². The third-order valence-corrected chi connectivity index (χ3v) is 6.20. The van der Waals surface area contributed by atoms with E-state index >= 15 is 0 Å². The van der Waals surface area contributed by atoms with Crippen LogP contribution < -0.4 is 20.0 Å². The van der Waals surface area contributed by atoms with E-state index in [0.29, 0.717) is 17.6 Å². The zero-order chi connectivity index (χ0) is 23.2. The van der Waals surface area contributed by atoms with Crippen molar-refractivity contribution >= 4 is 35.7 Å². The van der Waals surface area contributed by atoms with Crippen molar-refractivity contribution in [3.8, 4) is 5.75 Å². The third kappa shape index (κ3) is 5.75. The van der Waals surface area contributed by atoms with Gasteiger partial charge in [-0.15, -0.1) is 0 Å². The zero-order valence-corrected chi connectivity index (χ0v) is 19.8. The predicted octanol–water partition coefficient (Wildman–Crippen LogP) is 4.75. The van der Waals surface area contributed by atoms with Gasteiger partial charge < -0.3 is 14.5 Å². The normalized spacial score (nSPS) is 15.9. The minimum atomic E-state index is 0.463. The summed E-state index contributed by atoms with van der Waals surface area (Å²) >= 11 is 5.95. The van der Waals surface area contributed by atoms with E-state index in [1.807, 2.05) is 48.5 Å². The van der Waals surface area contributed by atoms with Crippen LogP contribution in [-0.4, -0.2) is 47.3 Å². The van der Waals surface area contributed by atoms with Gasteiger partial charge in [-0.3, -0.25) is 0 Å². The van der Waals surface area contributed by atoms with E-state index in [1.54, 1.807) is 6.21 Å². The van der Waals surface area contributed by atoms with Crippen LogP contribution in [-0.2, 0) is 6.61 Å². The van der Waals surface area contributed by atoms with Gasteiger partial charge in [0.05, 0.1) is 6.21 Å². The molecule has 2 aliphatic heterocycles. The number of hydrogen-bond donors (Lipinski definition) is 1. The number of halogens is 1. The van der Waals surface area contributed by atoms with E-state index in [9.17, 15) is 0 Å². The standard InChI is InChI=1S/C25H28ClN7O/c26-21-10-8-19(9-11-21)18-34-22-7-5-6-20(16-22)17-27-31-23-28-24(32-12-1-2-13-32)30-25(29-23)33-14-3-4-15-33/h5-11,16-17H,1-4,12-15,18H2,(H,28,29,30,31)/b27-17-. The highest BCUT2D eigenvalue weighted by Crippen LogP contribution is 2.23. The summed E-state index contributed by atoms with van der Waals surface area (Å²) in [4.78, 5) is 18.4. The summed E-state index contributed by atoms with van der Waals surface area (Å²) in [7, 11) is 0. The Labute approximate surface area is 204 Å². The van der Waals surface area contributed by atoms with Crippen molar-refractivity contribution in [1.82, 2.24) is 15.0 Å². The average molecular weight is 478 g/mol. The monoisotopic (exact) mass is 477 g/mol. The van der Waals surface area contributed by atoms with Gasteiger partial charge in [-0.1, -0.05) is 35.9 Å². The van der Waals surface area contributed by atoms with Gasteiger partial charge in [0.25, 0.3) is 0 Å². The second-order valence-corrected chi connectivity index (χ2v) is 8.94. The summed E-state index contributed by atoms with van der Waals surface area (Å²) in [5.74, 6) is 2.69. The van der Waals surface area contributed by atoms with Gasteiger partial charge in [0, 0.05) is 31.2 Å². The van der Waals surface area contributed by atoms with E-state index in [1.165, 1.54) is 25.7 Å². The lowest BCUT2D eigenvalue weighted by Crippen LogP contribution is -2.25. The molecule has 34 heavy (non-hydrogen) atoms. The Kier molecular flexibility index (Phi) is 7.05. The predicted molar refractivity (Wildman–Crippen MR) is 136 cm³/mol. The molecule has 0 spiro atoms. The fourth-order valence-corrected chi connectivity index (χ4v) is 4.24. The fraction of sp³-hybridized carbons (Fsp3) is 0.360. The fourth-order valence-electron chi connectivity index (χ4n) is 4.12. The van der Waals surface area contributed by atoms with Crippen LogP contribution >= 0.6 is 11.6 Å². The van der Waals surface area contributed by atoms with Crippen molar-refractivity contribution in [2.75, 3.05) is 41.4 Å². The van der Waals surface area contributed by atoms with E-state index < -0.39 is 0 Å². The molecule has 0 unspecified atom stereocenters. The molecule has 176 valence electrons. The van der Waals surface area contributed by atoms with Gasteiger partial charge in [-0.05, 0) is 61.1 Å². The molecular formula is C25H28ClN7O. The molecule has 9 heteroatoms. The summed E-state index contributed by atoms with van der Waals surface area (Å²) in [6, 6.07) is 15.4. The van der Waals surface area contributed by atoms with E-state index in [-0.39, 0.29) is 0 Å². The van der Waals surface area contributed by atoms with Gasteiger partial charge in [0.1, 0.15) is 12.4 Å². The number of ether oxygens (including phenoxy) is 1. The van der Waals surface area contributed by atoms with E-state index in [4.69, 9.17) is 21.3 Å². The lowest BCUT2D eigenvalue weighted by Gasteiger charge is -2.20. The number of nitrogens with zero attached hydrogens (tertiary/aromatic N) is 6. The third-order valence-electron chi connectivity index (χ3n) is 5.94. The molecule has 8 nitrogen and oxygen atoms in total. The lowest BCUT2D eigenvalue weighted by molar-refractivity contribution is 0.306. The molecule has 0 saturated carbocycles. The summed E-state index contributed by atoms with van der Waals surface area (Å²) in [6.07, 6.45) is 6.41. The average Bonchev–Trinajstić information content (AvgIpc) is 3.59. The van der Waals surface area contributed by atoms with Crippen LogP contribution in [0.5, 0.6) is 5.75 Å². The largest absolute Gasteiger partial charge is 0.489 e. The highest BCUT2D eigenvalue weighted by atomic mass is 35.5. The summed E-state index contributed by atoms with van der Waals surface area (Å²) < 4.78 is 5.91. The van der Waals surface area contributed by atoms with Crippen molar-refractivity contribution in [2.45, 2.75) is 32.3 Å². The van der Waals surface area contributed by atoms with Gasteiger partial charge in [-0.25, -0.2) is 5.43 Å². The first-order chi connectivity index (χ1) is 16.7. The van der Waals surface area contributed by atoms with Gasteiger partial charge in [-0.2, -0.15) is 20.1 Å². The highest BCUT2D eigenvalue weighted by molar-refractivity contribution is 6.30. The molecule has 2 aromatic carbocycles. The smallest absolute Gasteiger partial charge is 0.250 e. The molecular weight excluding hydrogens is 450 g/mol. The Balaban J connectivity index is 1.25. The minimum absolute atomic E-state index is 0.463. The van der Waals surface area contributed by atoms with Crippen LogP contribution in [0, 0.1) is 0 Å². The molecule has 3 heterocycles. The number of aromatic nitrogens is 3. The second-order valence-electron chi connectivity index (χ2n) is 8.50. The first-order valence-electron chi connectivity index (χ1n) is 11.8. The Morgan fingerprint density at radius 3 is 2.18 bits per heavy atom. The highest BCUT2D eigenvalue weighted by Gasteiger charge is 2.21. The molecule has 3 aromatic rings. The summed E-state index contributed by atoms with van der Waals surface area (Å²) in [5, 5.41) is 5.10. The Morgan fingerprint density at radius 2 is 1.53 bits per heavy atom. The zero-order valence-electron chi connectivity index (χ0n) is 19.0. The number of rotatable bonds is 8. The van der Waals surface area contributed by atoms with Crippen molar-refractivity contribution in [3.63, 3.8) is 0 Å². The van der Waals surface area contributed by atoms with Crippen LogP contribution in [0.25, 0.3) is 0 Å². The Hall–Kier alpha value is -3.39. The number of anilines is 3. The van der Waals surface area contributed by atoms with Crippen LogP contribution in [0.2, 0.25) is 5.02 Å². The van der Waals surface area contributed by atoms with Crippen molar-refractivity contribution in [3.05, 3.63) is 64.7 Å². The van der Waals surface area contributed by atoms with Gasteiger partial charge in [0.15, 0.2) is 0 Å². The van der Waals surface area contributed by atoms with Crippen molar-refractivity contribution in [1.29, 1.82) is 0 Å². The Morgan fingerprint density at radius 1 is 0.882 bits per heavy atom. The molecule has 0 amide bonds. The number of hydrazone groups is 1. The second kappa shape index (κ2) is 10.7. The van der Waals surface area contributed by atoms with Crippen molar-refractivity contribution in [2.24, 2.45) is 5.10 Å². The van der Waals surface area contributed by atoms with Crippen molar-refractivity contribution < 1.29 is 4.74 Å². The van der Waals surface area contributed by atoms with Gasteiger partial charge >= 0.3 is 0 Å². The first-order valence-corrected chi connectivity index (χ1v) is 12.1. The molecule has 0 atom stereocenters. The number of nitrogens with one attached hydrogen (secondary N) is 1. The Bertz CT molecular complexity index is 1090. The molecule has 2 fully saturated rings. The molecule has 1 aromatic heterocycles. The topological polar surface area (TPSA) is 78.8 Å². The molecule has 2 saturated heterocycles. The van der Waals surface area contributed by atoms with Crippen LogP contribution in [0.4, 0.5) is 17.8 Å². The maximum absolute atomic E-state index is 5.95. The number of benzene rings is 2. The molecule has 0 bridgehead atoms. The SMILES string of the molecule is Clc1ccc(COc2cccc(/C=N\Nc3nc(N4CCCC4)nc(N4CCCC4)n3)c2)cc1. The first kappa shape index (κ1) is 22.4. The van der Waals surface area contributed by atoms with Gasteiger partial charge in [0.2, 0.25) is 17.8 Å². The summed E-state index contributed by atoms with van der Waals surface area (Å²) in [5.41, 5.74) is 4.97. The lowest BCUT2D eigenvalue weighted by atomic mass is 10.2. The maximum Gasteiger partial charge on any atom is 0.250 e. The molecule has 0 aliphatic carbocycles. The van der Waals surface area contributed by atoms with E-state index in [2.05, 4.69) is 30.3 Å². The van der Waals surface area contributed by atoms with Crippen LogP contribution in [0.15, 0.2) is 53.6 Å². The molecule has 1 N–H and O–H groups in total. The molecule has 2 aliphatic rings. The maximum atomic E-state index is 5.95.